The molecule has 0 bridgehead atoms. The maximum Gasteiger partial charge on any atom is 0.317 e. The molecule has 0 saturated carbocycles. The SMILES string of the molecule is O=C1CCCCCN1CCCNC(=O)N1CCN(c2nccs2)CC1. The number of amides is 3. The maximum absolute atomic E-state index is 12.3. The molecule has 2 aliphatic heterocycles. The highest BCUT2D eigenvalue weighted by Crippen LogP contribution is 2.18. The Balaban J connectivity index is 1.32. The predicted molar refractivity (Wildman–Crippen MR) is 99.0 cm³/mol. The number of hydrogen-bond donors (Lipinski definition) is 1. The third-order valence-corrected chi connectivity index (χ3v) is 5.64. The van der Waals surface area contributed by atoms with Gasteiger partial charge in [-0.05, 0) is 19.3 Å². The number of rotatable bonds is 5. The first-order valence-corrected chi connectivity index (χ1v) is 10.1. The maximum atomic E-state index is 12.3. The van der Waals surface area contributed by atoms with E-state index in [4.69, 9.17) is 0 Å². The number of likely N-dealkylation sites (tertiary alicyclic amines) is 1. The number of aromatic nitrogens is 1. The Kier molecular flexibility index (Phi) is 6.49. The van der Waals surface area contributed by atoms with Crippen molar-refractivity contribution in [2.75, 3.05) is 50.7 Å². The van der Waals surface area contributed by atoms with Crippen LogP contribution < -0.4 is 10.2 Å². The lowest BCUT2D eigenvalue weighted by Crippen LogP contribution is -2.52. The third kappa shape index (κ3) is 5.07. The summed E-state index contributed by atoms with van der Waals surface area (Å²) in [6.07, 6.45) is 6.56. The van der Waals surface area contributed by atoms with Crippen molar-refractivity contribution < 1.29 is 9.59 Å². The van der Waals surface area contributed by atoms with E-state index in [1.807, 2.05) is 21.4 Å². The first kappa shape index (κ1) is 18.0. The molecule has 2 aliphatic rings. The van der Waals surface area contributed by atoms with Crippen LogP contribution in [0.15, 0.2) is 11.6 Å². The summed E-state index contributed by atoms with van der Waals surface area (Å²) in [4.78, 5) is 34.6. The molecule has 1 N–H and O–H groups in total. The molecule has 0 spiro atoms. The minimum atomic E-state index is 0.000909. The largest absolute Gasteiger partial charge is 0.345 e. The second-order valence-corrected chi connectivity index (χ2v) is 7.44. The van der Waals surface area contributed by atoms with Gasteiger partial charge >= 0.3 is 6.03 Å². The molecule has 8 heteroatoms. The highest BCUT2D eigenvalue weighted by Gasteiger charge is 2.22. The van der Waals surface area contributed by atoms with Gasteiger partial charge in [0, 0.05) is 63.8 Å². The van der Waals surface area contributed by atoms with Gasteiger partial charge in [0.2, 0.25) is 5.91 Å². The molecule has 2 saturated heterocycles. The molecule has 3 amide bonds. The highest BCUT2D eigenvalue weighted by molar-refractivity contribution is 7.13. The number of urea groups is 1. The molecule has 7 nitrogen and oxygen atoms in total. The third-order valence-electron chi connectivity index (χ3n) is 4.81. The Labute approximate surface area is 153 Å². The molecule has 3 rings (SSSR count). The van der Waals surface area contributed by atoms with E-state index in [-0.39, 0.29) is 11.9 Å². The number of thiazole rings is 1. The average molecular weight is 366 g/mol. The number of carbonyl (C=O) groups excluding carboxylic acids is 2. The zero-order valence-corrected chi connectivity index (χ0v) is 15.5. The van der Waals surface area contributed by atoms with E-state index in [2.05, 4.69) is 15.2 Å². The standard InChI is InChI=1S/C17H27N5O2S/c23-15-5-2-1-3-8-20(15)9-4-6-18-16(24)21-10-12-22(13-11-21)17-19-7-14-25-17/h7,14H,1-6,8-13H2,(H,18,24). The molecule has 138 valence electrons. The van der Waals surface area contributed by atoms with Crippen LogP contribution in [-0.2, 0) is 4.79 Å². The number of nitrogens with zero attached hydrogens (tertiary/aromatic N) is 4. The average Bonchev–Trinajstić information content (AvgIpc) is 3.10. The van der Waals surface area contributed by atoms with Crippen molar-refractivity contribution in [2.45, 2.75) is 32.1 Å². The summed E-state index contributed by atoms with van der Waals surface area (Å²) in [5.41, 5.74) is 0. The van der Waals surface area contributed by atoms with E-state index in [1.54, 1.807) is 11.3 Å². The van der Waals surface area contributed by atoms with Gasteiger partial charge in [-0.3, -0.25) is 4.79 Å². The topological polar surface area (TPSA) is 68.8 Å². The second kappa shape index (κ2) is 9.03. The second-order valence-electron chi connectivity index (χ2n) is 6.57. The van der Waals surface area contributed by atoms with Gasteiger partial charge in [-0.2, -0.15) is 0 Å². The van der Waals surface area contributed by atoms with Crippen molar-refractivity contribution in [2.24, 2.45) is 0 Å². The highest BCUT2D eigenvalue weighted by atomic mass is 32.1. The zero-order valence-electron chi connectivity index (χ0n) is 14.7. The van der Waals surface area contributed by atoms with E-state index >= 15 is 0 Å². The van der Waals surface area contributed by atoms with E-state index < -0.39 is 0 Å². The minimum absolute atomic E-state index is 0.000909. The summed E-state index contributed by atoms with van der Waals surface area (Å²) in [5, 5.41) is 5.99. The molecule has 0 radical (unpaired) electrons. The van der Waals surface area contributed by atoms with Gasteiger partial charge in [0.25, 0.3) is 0 Å². The van der Waals surface area contributed by atoms with Crippen molar-refractivity contribution in [3.63, 3.8) is 0 Å². The summed E-state index contributed by atoms with van der Waals surface area (Å²) in [5.74, 6) is 0.266. The number of piperazine rings is 1. The zero-order chi connectivity index (χ0) is 17.5. The van der Waals surface area contributed by atoms with Crippen molar-refractivity contribution in [3.8, 4) is 0 Å². The Morgan fingerprint density at radius 3 is 2.76 bits per heavy atom. The fourth-order valence-electron chi connectivity index (χ4n) is 3.32. The van der Waals surface area contributed by atoms with E-state index in [0.717, 1.165) is 70.1 Å². The van der Waals surface area contributed by atoms with Crippen LogP contribution in [0.4, 0.5) is 9.93 Å². The van der Waals surface area contributed by atoms with Crippen LogP contribution in [0.1, 0.15) is 32.1 Å². The lowest BCUT2D eigenvalue weighted by molar-refractivity contribution is -0.130. The summed E-state index contributed by atoms with van der Waals surface area (Å²) >= 11 is 1.63. The van der Waals surface area contributed by atoms with Crippen molar-refractivity contribution in [3.05, 3.63) is 11.6 Å². The van der Waals surface area contributed by atoms with Gasteiger partial charge in [0.05, 0.1) is 0 Å². The first-order valence-electron chi connectivity index (χ1n) is 9.19. The number of nitrogens with one attached hydrogen (secondary N) is 1. The summed E-state index contributed by atoms with van der Waals surface area (Å²) < 4.78 is 0. The quantitative estimate of drug-likeness (QED) is 0.808. The smallest absolute Gasteiger partial charge is 0.317 e. The molecular formula is C17H27N5O2S. The Hall–Kier alpha value is -1.83. The lowest BCUT2D eigenvalue weighted by Gasteiger charge is -2.34. The molecule has 25 heavy (non-hydrogen) atoms. The van der Waals surface area contributed by atoms with Crippen molar-refractivity contribution >= 4 is 28.4 Å². The van der Waals surface area contributed by atoms with Gasteiger partial charge in [0.15, 0.2) is 5.13 Å². The monoisotopic (exact) mass is 365 g/mol. The van der Waals surface area contributed by atoms with Crippen LogP contribution >= 0.6 is 11.3 Å². The van der Waals surface area contributed by atoms with E-state index in [9.17, 15) is 9.59 Å². The van der Waals surface area contributed by atoms with Gasteiger partial charge < -0.3 is 20.0 Å². The predicted octanol–water partition coefficient (Wildman–Crippen LogP) is 1.77. The molecule has 3 heterocycles. The molecule has 1 aromatic rings. The van der Waals surface area contributed by atoms with Crippen LogP contribution in [-0.4, -0.2) is 72.5 Å². The first-order chi connectivity index (χ1) is 12.2. The number of anilines is 1. The minimum Gasteiger partial charge on any atom is -0.345 e. The summed E-state index contributed by atoms with van der Waals surface area (Å²) in [7, 11) is 0. The Morgan fingerprint density at radius 2 is 2.00 bits per heavy atom. The van der Waals surface area contributed by atoms with Gasteiger partial charge in [-0.25, -0.2) is 9.78 Å². The molecular weight excluding hydrogens is 338 g/mol. The van der Waals surface area contributed by atoms with Crippen LogP contribution in [0.5, 0.6) is 0 Å². The number of carbonyl (C=O) groups is 2. The molecule has 2 fully saturated rings. The fourth-order valence-corrected chi connectivity index (χ4v) is 4.02. The van der Waals surface area contributed by atoms with Gasteiger partial charge in [-0.15, -0.1) is 11.3 Å². The van der Waals surface area contributed by atoms with E-state index in [1.165, 1.54) is 0 Å². The van der Waals surface area contributed by atoms with Crippen LogP contribution in [0.25, 0.3) is 0 Å². The van der Waals surface area contributed by atoms with E-state index in [0.29, 0.717) is 13.0 Å². The van der Waals surface area contributed by atoms with Crippen LogP contribution in [0.3, 0.4) is 0 Å². The number of hydrogen-bond acceptors (Lipinski definition) is 5. The summed E-state index contributed by atoms with van der Waals surface area (Å²) in [6, 6.07) is 0.000909. The molecule has 1 aromatic heterocycles. The Bertz CT molecular complexity index is 557. The van der Waals surface area contributed by atoms with Crippen molar-refractivity contribution in [1.29, 1.82) is 0 Å². The Morgan fingerprint density at radius 1 is 1.16 bits per heavy atom. The van der Waals surface area contributed by atoms with Gasteiger partial charge in [-0.1, -0.05) is 6.42 Å². The lowest BCUT2D eigenvalue weighted by atomic mass is 10.2. The molecule has 0 atom stereocenters. The van der Waals surface area contributed by atoms with Crippen LogP contribution in [0, 0.1) is 0 Å². The normalized spacial score (nSPS) is 19.0. The van der Waals surface area contributed by atoms with Crippen molar-refractivity contribution in [1.82, 2.24) is 20.1 Å². The van der Waals surface area contributed by atoms with Crippen LogP contribution in [0.2, 0.25) is 0 Å². The molecule has 0 unspecified atom stereocenters. The van der Waals surface area contributed by atoms with Gasteiger partial charge in [0.1, 0.15) is 0 Å². The molecule has 0 aliphatic carbocycles. The molecule has 0 aromatic carbocycles. The fraction of sp³-hybridized carbons (Fsp3) is 0.706. The summed E-state index contributed by atoms with van der Waals surface area (Å²) in [6.45, 7) is 5.32.